The van der Waals surface area contributed by atoms with Crippen LogP contribution in [0, 0.1) is 30.6 Å². The van der Waals surface area contributed by atoms with Gasteiger partial charge in [-0.3, -0.25) is 4.79 Å². The molecule has 6 bridgehead atoms. The highest BCUT2D eigenvalue weighted by Crippen LogP contribution is 2.61. The number of carbonyl (C=O) groups excluding carboxylic acids is 1. The first kappa shape index (κ1) is 18.3. The second-order valence-corrected chi connectivity index (χ2v) is 12.4. The molecule has 0 amide bonds. The molecule has 2 nitrogen and oxygen atoms in total. The quantitative estimate of drug-likeness (QED) is 0.430. The Morgan fingerprint density at radius 3 is 2.19 bits per heavy atom. The van der Waals surface area contributed by atoms with Crippen molar-refractivity contribution in [3.8, 4) is 0 Å². The number of fused-ring (bicyclic) bond motifs is 5. The van der Waals surface area contributed by atoms with Crippen molar-refractivity contribution in [2.24, 2.45) is 23.7 Å². The van der Waals surface area contributed by atoms with Gasteiger partial charge < -0.3 is 4.98 Å². The lowest BCUT2D eigenvalue weighted by atomic mass is 9.48. The van der Waals surface area contributed by atoms with E-state index in [0.29, 0.717) is 17.1 Å². The normalized spacial score (nSPS) is 37.4. The summed E-state index contributed by atoms with van der Waals surface area (Å²) in [7, 11) is 0. The van der Waals surface area contributed by atoms with Crippen LogP contribution in [0.2, 0.25) is 0 Å². The molecule has 0 radical (unpaired) electrons. The number of ketones is 1. The van der Waals surface area contributed by atoms with Crippen molar-refractivity contribution in [1.82, 2.24) is 4.98 Å². The second kappa shape index (κ2) is 6.07. The maximum absolute atomic E-state index is 13.4. The molecule has 5 saturated carbocycles. The molecule has 0 unspecified atom stereocenters. The number of aromatic nitrogens is 1. The Hall–Kier alpha value is -2.09. The standard InChI is InChI=1S/C30H33NO/c1-16-27-23(20-2-4-21(5-3-20)29(27)32)12-25-24-11-22(6-7-26(24)31-28(16)25)30-13-17-8-18(14-30)10-19(9-17)15-30/h6-7,11-12,17-21,31H,2-5,8-10,13-15H2,1H3. The Bertz CT molecular complexity index is 1270. The summed E-state index contributed by atoms with van der Waals surface area (Å²) in [6.07, 6.45) is 13.3. The molecule has 0 aliphatic heterocycles. The van der Waals surface area contributed by atoms with Crippen molar-refractivity contribution in [1.29, 1.82) is 0 Å². The Morgan fingerprint density at radius 2 is 1.50 bits per heavy atom. The molecule has 7 aliphatic carbocycles. The van der Waals surface area contributed by atoms with E-state index in [1.54, 1.807) is 5.56 Å². The molecule has 2 aromatic carbocycles. The minimum atomic E-state index is 0.260. The predicted octanol–water partition coefficient (Wildman–Crippen LogP) is 7.57. The lowest BCUT2D eigenvalue weighted by molar-refractivity contribution is -0.00512. The van der Waals surface area contributed by atoms with E-state index in [0.717, 1.165) is 36.2 Å². The summed E-state index contributed by atoms with van der Waals surface area (Å²) in [5.74, 6) is 4.17. The Balaban J connectivity index is 1.34. The fourth-order valence-corrected chi connectivity index (χ4v) is 9.54. The molecule has 7 aliphatic rings. The number of nitrogens with one attached hydrogen (secondary N) is 1. The number of H-pyrrole nitrogens is 1. The van der Waals surface area contributed by atoms with Gasteiger partial charge in [0.05, 0.1) is 5.52 Å². The molecule has 1 heterocycles. The van der Waals surface area contributed by atoms with Crippen LogP contribution in [0.5, 0.6) is 0 Å². The SMILES string of the molecule is Cc1c2c(cc3c1[nH]c1ccc(C45CC6CC(CC(C6)C4)C5)cc13)C1CCC(CC1)C2=O. The van der Waals surface area contributed by atoms with Gasteiger partial charge in [-0.2, -0.15) is 0 Å². The van der Waals surface area contributed by atoms with Gasteiger partial charge in [0, 0.05) is 27.8 Å². The fourth-order valence-electron chi connectivity index (χ4n) is 9.54. The van der Waals surface area contributed by atoms with Gasteiger partial charge in [0.2, 0.25) is 0 Å². The monoisotopic (exact) mass is 423 g/mol. The third kappa shape index (κ3) is 2.29. The zero-order valence-corrected chi connectivity index (χ0v) is 19.2. The molecule has 164 valence electrons. The first-order valence-electron chi connectivity index (χ1n) is 13.2. The summed E-state index contributed by atoms with van der Waals surface area (Å²) < 4.78 is 0. The van der Waals surface area contributed by atoms with E-state index in [1.165, 1.54) is 84.3 Å². The molecule has 0 spiro atoms. The van der Waals surface area contributed by atoms with Crippen molar-refractivity contribution in [3.63, 3.8) is 0 Å². The highest BCUT2D eigenvalue weighted by atomic mass is 16.1. The molecule has 32 heavy (non-hydrogen) atoms. The molecule has 1 N–H and O–H groups in total. The zero-order chi connectivity index (χ0) is 21.2. The summed E-state index contributed by atoms with van der Waals surface area (Å²) in [5, 5.41) is 2.76. The van der Waals surface area contributed by atoms with Crippen molar-refractivity contribution >= 4 is 27.6 Å². The predicted molar refractivity (Wildman–Crippen MR) is 129 cm³/mol. The maximum atomic E-state index is 13.4. The third-order valence-electron chi connectivity index (χ3n) is 10.6. The van der Waals surface area contributed by atoms with Gasteiger partial charge in [0.1, 0.15) is 0 Å². The van der Waals surface area contributed by atoms with Crippen LogP contribution in [0.1, 0.15) is 97.2 Å². The summed E-state index contributed by atoms with van der Waals surface area (Å²) in [6.45, 7) is 2.19. The number of Topliss-reactive ketones (excluding diaryl/α,β-unsaturated/α-hetero) is 1. The van der Waals surface area contributed by atoms with Crippen LogP contribution in [0.25, 0.3) is 21.8 Å². The highest BCUT2D eigenvalue weighted by Gasteiger charge is 2.51. The van der Waals surface area contributed by atoms with Gasteiger partial charge in [0.15, 0.2) is 5.78 Å². The minimum Gasteiger partial charge on any atom is -0.354 e. The van der Waals surface area contributed by atoms with Crippen LogP contribution in [-0.4, -0.2) is 10.8 Å². The Kier molecular flexibility index (Phi) is 3.48. The van der Waals surface area contributed by atoms with Crippen molar-refractivity contribution in [2.75, 3.05) is 0 Å². The van der Waals surface area contributed by atoms with E-state index >= 15 is 0 Å². The van der Waals surface area contributed by atoms with Crippen LogP contribution >= 0.6 is 0 Å². The maximum Gasteiger partial charge on any atom is 0.166 e. The van der Waals surface area contributed by atoms with Crippen LogP contribution in [0.3, 0.4) is 0 Å². The van der Waals surface area contributed by atoms with E-state index in [1.807, 2.05) is 0 Å². The summed E-state index contributed by atoms with van der Waals surface area (Å²) in [6, 6.07) is 9.78. The van der Waals surface area contributed by atoms with Crippen LogP contribution < -0.4 is 0 Å². The first-order valence-corrected chi connectivity index (χ1v) is 13.2. The number of benzene rings is 2. The molecular weight excluding hydrogens is 390 g/mol. The number of hydrogen-bond acceptors (Lipinski definition) is 1. The van der Waals surface area contributed by atoms with Crippen LogP contribution in [0.4, 0.5) is 0 Å². The molecule has 10 rings (SSSR count). The Morgan fingerprint density at radius 1 is 0.844 bits per heavy atom. The fraction of sp³-hybridized carbons (Fsp3) is 0.567. The van der Waals surface area contributed by atoms with Crippen molar-refractivity contribution < 1.29 is 4.79 Å². The van der Waals surface area contributed by atoms with Gasteiger partial charge in [0.25, 0.3) is 0 Å². The number of hydrogen-bond donors (Lipinski definition) is 1. The van der Waals surface area contributed by atoms with E-state index in [2.05, 4.69) is 36.2 Å². The van der Waals surface area contributed by atoms with Crippen LogP contribution in [0.15, 0.2) is 24.3 Å². The zero-order valence-electron chi connectivity index (χ0n) is 19.2. The number of carbonyl (C=O) groups is 1. The van der Waals surface area contributed by atoms with E-state index < -0.39 is 0 Å². The third-order valence-corrected chi connectivity index (χ3v) is 10.6. The lowest BCUT2D eigenvalue weighted by Gasteiger charge is -2.57. The average Bonchev–Trinajstić information content (AvgIpc) is 3.03. The van der Waals surface area contributed by atoms with Gasteiger partial charge in [-0.05, 0) is 135 Å². The van der Waals surface area contributed by atoms with Crippen LogP contribution in [-0.2, 0) is 5.41 Å². The van der Waals surface area contributed by atoms with Crippen molar-refractivity contribution in [2.45, 2.75) is 82.5 Å². The number of rotatable bonds is 1. The van der Waals surface area contributed by atoms with Gasteiger partial charge in [-0.15, -0.1) is 0 Å². The number of aromatic amines is 1. The van der Waals surface area contributed by atoms with Gasteiger partial charge >= 0.3 is 0 Å². The molecule has 0 saturated heterocycles. The smallest absolute Gasteiger partial charge is 0.166 e. The second-order valence-electron chi connectivity index (χ2n) is 12.4. The Labute approximate surface area is 190 Å². The summed E-state index contributed by atoms with van der Waals surface area (Å²) >= 11 is 0. The average molecular weight is 424 g/mol. The lowest BCUT2D eigenvalue weighted by Crippen LogP contribution is -2.48. The van der Waals surface area contributed by atoms with Gasteiger partial charge in [-0.25, -0.2) is 0 Å². The molecule has 3 aromatic rings. The summed E-state index contributed by atoms with van der Waals surface area (Å²) in [5.41, 5.74) is 8.12. The van der Waals surface area contributed by atoms with Crippen molar-refractivity contribution in [3.05, 3.63) is 46.5 Å². The van der Waals surface area contributed by atoms with E-state index in [-0.39, 0.29) is 5.92 Å². The molecule has 1 aromatic heterocycles. The molecule has 5 fully saturated rings. The number of aryl methyl sites for hydroxylation is 1. The molecule has 2 heteroatoms. The molecular formula is C30H33NO. The van der Waals surface area contributed by atoms with E-state index in [9.17, 15) is 4.79 Å². The highest BCUT2D eigenvalue weighted by molar-refractivity contribution is 6.13. The topological polar surface area (TPSA) is 32.9 Å². The first-order chi connectivity index (χ1) is 15.6. The van der Waals surface area contributed by atoms with E-state index in [4.69, 9.17) is 0 Å². The minimum absolute atomic E-state index is 0.260. The summed E-state index contributed by atoms with van der Waals surface area (Å²) in [4.78, 5) is 17.1. The van der Waals surface area contributed by atoms with Gasteiger partial charge in [-0.1, -0.05) is 6.07 Å². The molecule has 0 atom stereocenters. The largest absolute Gasteiger partial charge is 0.354 e.